The standard InChI is InChI=1S/C7H9NO3S.K/c1-5-4-6(8)2-3-7(5)12(9,10)11;/h2-4H,8H2,1H3,(H,9,10,11);/q;+1/p-1. The Kier molecular flexibility index (Phi) is 5.09. The van der Waals surface area contributed by atoms with Crippen LogP contribution >= 0.6 is 0 Å². The van der Waals surface area contributed by atoms with E-state index in [1.165, 1.54) is 25.1 Å². The molecule has 0 radical (unpaired) electrons. The number of hydrogen-bond acceptors (Lipinski definition) is 4. The molecule has 0 aliphatic rings. The minimum atomic E-state index is -4.36. The first-order valence-corrected chi connectivity index (χ1v) is 4.64. The first kappa shape index (κ1) is 13.6. The summed E-state index contributed by atoms with van der Waals surface area (Å²) in [5.74, 6) is 0. The molecule has 0 atom stereocenters. The van der Waals surface area contributed by atoms with Gasteiger partial charge < -0.3 is 10.3 Å². The molecule has 0 amide bonds. The molecule has 2 N–H and O–H groups in total. The van der Waals surface area contributed by atoms with Crippen LogP contribution in [0, 0.1) is 6.92 Å². The van der Waals surface area contributed by atoms with Crippen LogP contribution in [0.5, 0.6) is 0 Å². The number of anilines is 1. The van der Waals surface area contributed by atoms with E-state index in [0.717, 1.165) is 0 Å². The van der Waals surface area contributed by atoms with Crippen molar-refractivity contribution >= 4 is 15.8 Å². The zero-order chi connectivity index (χ0) is 9.35. The molecule has 0 aliphatic heterocycles. The van der Waals surface area contributed by atoms with Crippen molar-refractivity contribution in [2.75, 3.05) is 5.73 Å². The molecule has 66 valence electrons. The Morgan fingerprint density at radius 1 is 1.38 bits per heavy atom. The summed E-state index contributed by atoms with van der Waals surface area (Å²) in [4.78, 5) is -0.211. The molecular weight excluding hydrogens is 217 g/mol. The maximum atomic E-state index is 10.6. The third-order valence-electron chi connectivity index (χ3n) is 1.47. The van der Waals surface area contributed by atoms with Gasteiger partial charge in [0, 0.05) is 5.69 Å². The van der Waals surface area contributed by atoms with Crippen LogP contribution in [0.25, 0.3) is 0 Å². The molecule has 0 fully saturated rings. The third-order valence-corrected chi connectivity index (χ3v) is 2.47. The van der Waals surface area contributed by atoms with Gasteiger partial charge in [-0.2, -0.15) is 0 Å². The molecule has 13 heavy (non-hydrogen) atoms. The zero-order valence-corrected chi connectivity index (χ0v) is 11.4. The van der Waals surface area contributed by atoms with Crippen LogP contribution in [0.3, 0.4) is 0 Å². The van der Waals surface area contributed by atoms with E-state index < -0.39 is 10.1 Å². The fraction of sp³-hybridized carbons (Fsp3) is 0.143. The summed E-state index contributed by atoms with van der Waals surface area (Å²) in [6.45, 7) is 1.53. The van der Waals surface area contributed by atoms with Crippen molar-refractivity contribution in [3.63, 3.8) is 0 Å². The Morgan fingerprint density at radius 2 is 1.92 bits per heavy atom. The molecule has 1 rings (SSSR count). The average molecular weight is 225 g/mol. The maximum absolute atomic E-state index is 10.6. The largest absolute Gasteiger partial charge is 1.00 e. The summed E-state index contributed by atoms with van der Waals surface area (Å²) < 4.78 is 31.7. The monoisotopic (exact) mass is 225 g/mol. The van der Waals surface area contributed by atoms with Gasteiger partial charge in [-0.1, -0.05) is 0 Å². The Bertz CT molecular complexity index is 402. The van der Waals surface area contributed by atoms with Crippen LogP contribution < -0.4 is 57.1 Å². The molecule has 0 unspecified atom stereocenters. The normalized spacial score (nSPS) is 10.6. The molecule has 6 heteroatoms. The quantitative estimate of drug-likeness (QED) is 0.325. The van der Waals surface area contributed by atoms with Crippen LogP contribution in [-0.2, 0) is 10.1 Å². The molecule has 4 nitrogen and oxygen atoms in total. The summed E-state index contributed by atoms with van der Waals surface area (Å²) in [5.41, 5.74) is 6.20. The summed E-state index contributed by atoms with van der Waals surface area (Å²) in [6, 6.07) is 4.05. The van der Waals surface area contributed by atoms with Gasteiger partial charge in [0.05, 0.1) is 4.90 Å². The van der Waals surface area contributed by atoms with Gasteiger partial charge in [0.25, 0.3) is 0 Å². The van der Waals surface area contributed by atoms with E-state index in [2.05, 4.69) is 0 Å². The zero-order valence-electron chi connectivity index (χ0n) is 7.44. The van der Waals surface area contributed by atoms with Gasteiger partial charge in [-0.05, 0) is 30.7 Å². The van der Waals surface area contributed by atoms with Gasteiger partial charge in [0.2, 0.25) is 0 Å². The van der Waals surface area contributed by atoms with E-state index in [4.69, 9.17) is 5.73 Å². The maximum Gasteiger partial charge on any atom is 1.00 e. The Balaban J connectivity index is 0.00000144. The Morgan fingerprint density at radius 3 is 2.31 bits per heavy atom. The second kappa shape index (κ2) is 4.88. The van der Waals surface area contributed by atoms with Crippen molar-refractivity contribution in [3.8, 4) is 0 Å². The molecule has 0 bridgehead atoms. The predicted octanol–water partition coefficient (Wildman–Crippen LogP) is -2.51. The Labute approximate surface area is 120 Å². The molecule has 1 aromatic carbocycles. The summed E-state index contributed by atoms with van der Waals surface area (Å²) >= 11 is 0. The third kappa shape index (κ3) is 3.66. The van der Waals surface area contributed by atoms with Crippen LogP contribution in [-0.4, -0.2) is 13.0 Å². The minimum Gasteiger partial charge on any atom is -0.744 e. The van der Waals surface area contributed by atoms with Crippen molar-refractivity contribution in [1.29, 1.82) is 0 Å². The molecule has 0 heterocycles. The van der Waals surface area contributed by atoms with Gasteiger partial charge in [0.1, 0.15) is 10.1 Å². The van der Waals surface area contributed by atoms with Crippen LogP contribution in [0.2, 0.25) is 0 Å². The average Bonchev–Trinajstić information content (AvgIpc) is 1.83. The predicted molar refractivity (Wildman–Crippen MR) is 43.6 cm³/mol. The number of nitrogens with two attached hydrogens (primary N) is 1. The van der Waals surface area contributed by atoms with E-state index in [-0.39, 0.29) is 56.3 Å². The van der Waals surface area contributed by atoms with Gasteiger partial charge in [-0.25, -0.2) is 8.42 Å². The number of rotatable bonds is 1. The number of benzene rings is 1. The number of nitrogen functional groups attached to an aromatic ring is 1. The second-order valence-corrected chi connectivity index (χ2v) is 3.83. The fourth-order valence-corrected chi connectivity index (χ4v) is 1.64. The van der Waals surface area contributed by atoms with E-state index in [9.17, 15) is 13.0 Å². The first-order valence-electron chi connectivity index (χ1n) is 3.23. The van der Waals surface area contributed by atoms with Gasteiger partial charge in [-0.3, -0.25) is 0 Å². The minimum absolute atomic E-state index is 0. The van der Waals surface area contributed by atoms with Crippen molar-refractivity contribution in [2.24, 2.45) is 0 Å². The van der Waals surface area contributed by atoms with Gasteiger partial charge in [0.15, 0.2) is 0 Å². The van der Waals surface area contributed by atoms with Crippen molar-refractivity contribution in [3.05, 3.63) is 23.8 Å². The molecule has 0 spiro atoms. The smallest absolute Gasteiger partial charge is 0.744 e. The molecular formula is C7H8KNO3S. The molecule has 0 aromatic heterocycles. The van der Waals surface area contributed by atoms with E-state index in [0.29, 0.717) is 11.3 Å². The molecule has 1 aromatic rings. The van der Waals surface area contributed by atoms with Crippen molar-refractivity contribution in [2.45, 2.75) is 11.8 Å². The Hall–Kier alpha value is 0.566. The summed E-state index contributed by atoms with van der Waals surface area (Å²) in [7, 11) is -4.36. The summed E-state index contributed by atoms with van der Waals surface area (Å²) in [5, 5.41) is 0. The van der Waals surface area contributed by atoms with Crippen LogP contribution in [0.15, 0.2) is 23.1 Å². The molecule has 0 aliphatic carbocycles. The van der Waals surface area contributed by atoms with Crippen molar-refractivity contribution < 1.29 is 64.4 Å². The van der Waals surface area contributed by atoms with E-state index >= 15 is 0 Å². The topological polar surface area (TPSA) is 83.2 Å². The first-order chi connectivity index (χ1) is 5.41. The second-order valence-electron chi connectivity index (χ2n) is 2.48. The van der Waals surface area contributed by atoms with E-state index in [1.807, 2.05) is 0 Å². The fourth-order valence-electron chi connectivity index (χ4n) is 0.953. The molecule has 0 saturated heterocycles. The SMILES string of the molecule is Cc1cc(N)ccc1S(=O)(=O)[O-].[K+]. The van der Waals surface area contributed by atoms with Gasteiger partial charge in [-0.15, -0.1) is 0 Å². The summed E-state index contributed by atoms with van der Waals surface area (Å²) in [6.07, 6.45) is 0. The van der Waals surface area contributed by atoms with Crippen LogP contribution in [0.4, 0.5) is 5.69 Å². The van der Waals surface area contributed by atoms with Gasteiger partial charge >= 0.3 is 51.4 Å². The van der Waals surface area contributed by atoms with E-state index in [1.54, 1.807) is 0 Å². The molecule has 0 saturated carbocycles. The van der Waals surface area contributed by atoms with Crippen LogP contribution in [0.1, 0.15) is 5.56 Å². The number of aryl methyl sites for hydroxylation is 1. The number of hydrogen-bond donors (Lipinski definition) is 1. The van der Waals surface area contributed by atoms with Crippen molar-refractivity contribution in [1.82, 2.24) is 0 Å².